The second-order valence-corrected chi connectivity index (χ2v) is 8.79. The van der Waals surface area contributed by atoms with Gasteiger partial charge in [0, 0.05) is 31.8 Å². The first-order valence-corrected chi connectivity index (χ1v) is 10.2. The van der Waals surface area contributed by atoms with Crippen molar-refractivity contribution < 1.29 is 29.0 Å². The zero-order chi connectivity index (χ0) is 23.1. The fourth-order valence-corrected chi connectivity index (χ4v) is 5.50. The number of aliphatic hydroxyl groups is 2. The molecule has 0 radical (unpaired) electrons. The second-order valence-electron chi connectivity index (χ2n) is 8.79. The largest absolute Gasteiger partial charge is 0.511 e. The smallest absolute Gasteiger partial charge is 0.417 e. The lowest BCUT2D eigenvalue weighted by molar-refractivity contribution is -0.127. The van der Waals surface area contributed by atoms with Crippen LogP contribution in [-0.2, 0) is 20.8 Å². The van der Waals surface area contributed by atoms with Crippen LogP contribution in [0.2, 0.25) is 0 Å². The zero-order valence-electron chi connectivity index (χ0n) is 17.4. The van der Waals surface area contributed by atoms with Crippen molar-refractivity contribution in [2.24, 2.45) is 23.5 Å². The predicted octanol–water partition coefficient (Wildman–Crippen LogP) is 1.10. The first-order valence-electron chi connectivity index (χ1n) is 10.2. The molecule has 1 heterocycles. The van der Waals surface area contributed by atoms with Crippen molar-refractivity contribution >= 4 is 40.0 Å². The Morgan fingerprint density at radius 3 is 2.59 bits per heavy atom. The Balaban J connectivity index is 1.75. The molecule has 3 unspecified atom stereocenters. The fourth-order valence-electron chi connectivity index (χ4n) is 5.50. The number of ketones is 2. The van der Waals surface area contributed by atoms with Gasteiger partial charge in [0.15, 0.2) is 17.1 Å². The summed E-state index contributed by atoms with van der Waals surface area (Å²) in [6.07, 6.45) is 0.658. The van der Waals surface area contributed by atoms with Crippen LogP contribution in [0.5, 0.6) is 0 Å². The number of aromatic amines is 1. The van der Waals surface area contributed by atoms with Crippen molar-refractivity contribution in [3.05, 3.63) is 44.6 Å². The number of allylic oxidation sites excluding steroid dienone is 2. The molecule has 0 spiro atoms. The van der Waals surface area contributed by atoms with E-state index >= 15 is 0 Å². The van der Waals surface area contributed by atoms with Crippen molar-refractivity contribution in [2.75, 3.05) is 19.0 Å². The molecule has 0 saturated heterocycles. The molecule has 3 atom stereocenters. The SMILES string of the molecule is CN(C)c1cc2[nH]c(=O)oc2c2c1CC1CC3CC(=O)C(C(N)=O)=C(O)C3C(=O)C1=C2O. The molecule has 0 bridgehead atoms. The molecule has 1 saturated carbocycles. The highest BCUT2D eigenvalue weighted by Gasteiger charge is 2.51. The number of nitrogens with two attached hydrogens (primary N) is 1. The minimum Gasteiger partial charge on any atom is -0.511 e. The Labute approximate surface area is 181 Å². The van der Waals surface area contributed by atoms with E-state index in [1.165, 1.54) is 0 Å². The number of nitrogens with one attached hydrogen (secondary N) is 1. The third-order valence-electron chi connectivity index (χ3n) is 6.76. The van der Waals surface area contributed by atoms with Gasteiger partial charge in [-0.2, -0.15) is 0 Å². The van der Waals surface area contributed by atoms with Gasteiger partial charge in [0.1, 0.15) is 17.1 Å². The summed E-state index contributed by atoms with van der Waals surface area (Å²) >= 11 is 0. The molecule has 2 aromatic rings. The average molecular weight is 439 g/mol. The van der Waals surface area contributed by atoms with E-state index in [0.717, 1.165) is 11.3 Å². The Bertz CT molecular complexity index is 1360. The maximum Gasteiger partial charge on any atom is 0.417 e. The van der Waals surface area contributed by atoms with Gasteiger partial charge in [0.2, 0.25) is 0 Å². The Morgan fingerprint density at radius 2 is 1.94 bits per heavy atom. The number of amides is 1. The summed E-state index contributed by atoms with van der Waals surface area (Å²) in [4.78, 5) is 53.8. The predicted molar refractivity (Wildman–Crippen MR) is 113 cm³/mol. The third-order valence-corrected chi connectivity index (χ3v) is 6.76. The summed E-state index contributed by atoms with van der Waals surface area (Å²) in [6, 6.07) is 1.75. The van der Waals surface area contributed by atoms with E-state index in [0.29, 0.717) is 18.4 Å². The molecule has 1 aromatic heterocycles. The number of anilines is 1. The van der Waals surface area contributed by atoms with Crippen LogP contribution in [-0.4, -0.2) is 46.8 Å². The molecule has 5 N–H and O–H groups in total. The number of Topliss-reactive ketones (excluding diaryl/α,β-unsaturated/α-hetero) is 2. The van der Waals surface area contributed by atoms with Crippen LogP contribution in [0.1, 0.15) is 24.0 Å². The van der Waals surface area contributed by atoms with Crippen molar-refractivity contribution in [1.82, 2.24) is 4.98 Å². The molecule has 1 amide bonds. The van der Waals surface area contributed by atoms with Crippen LogP contribution >= 0.6 is 0 Å². The van der Waals surface area contributed by atoms with Gasteiger partial charge in [-0.1, -0.05) is 0 Å². The highest BCUT2D eigenvalue weighted by atomic mass is 16.4. The molecular weight excluding hydrogens is 418 g/mol. The minimum atomic E-state index is -1.13. The van der Waals surface area contributed by atoms with E-state index in [1.807, 2.05) is 19.0 Å². The van der Waals surface area contributed by atoms with E-state index in [2.05, 4.69) is 4.98 Å². The van der Waals surface area contributed by atoms with Crippen LogP contribution in [0.25, 0.3) is 16.9 Å². The molecule has 1 fully saturated rings. The molecule has 10 heteroatoms. The van der Waals surface area contributed by atoms with Gasteiger partial charge in [-0.15, -0.1) is 0 Å². The number of carbonyl (C=O) groups excluding carboxylic acids is 3. The number of aliphatic hydroxyl groups excluding tert-OH is 2. The molecule has 5 rings (SSSR count). The quantitative estimate of drug-likeness (QED) is 0.505. The van der Waals surface area contributed by atoms with Gasteiger partial charge in [-0.3, -0.25) is 19.4 Å². The van der Waals surface area contributed by atoms with Gasteiger partial charge in [-0.05, 0) is 36.3 Å². The van der Waals surface area contributed by atoms with Gasteiger partial charge >= 0.3 is 5.76 Å². The Kier molecular flexibility index (Phi) is 4.14. The molecular formula is C22H21N3O7. The van der Waals surface area contributed by atoms with Crippen LogP contribution in [0.3, 0.4) is 0 Å². The summed E-state index contributed by atoms with van der Waals surface area (Å²) in [6.45, 7) is 0. The second kappa shape index (κ2) is 6.59. The molecule has 0 aliphatic heterocycles. The first-order chi connectivity index (χ1) is 15.1. The summed E-state index contributed by atoms with van der Waals surface area (Å²) in [5.41, 5.74) is 7.06. The lowest BCUT2D eigenvalue weighted by Gasteiger charge is -2.41. The van der Waals surface area contributed by atoms with Crippen LogP contribution < -0.4 is 16.4 Å². The number of H-pyrrole nitrogens is 1. The highest BCUT2D eigenvalue weighted by molar-refractivity contribution is 6.21. The average Bonchev–Trinajstić information content (AvgIpc) is 3.05. The molecule has 3 aliphatic rings. The molecule has 32 heavy (non-hydrogen) atoms. The first kappa shape index (κ1) is 20.1. The third kappa shape index (κ3) is 2.58. The number of aromatic nitrogens is 1. The number of benzene rings is 1. The monoisotopic (exact) mass is 439 g/mol. The molecule has 1 aromatic carbocycles. The van der Waals surface area contributed by atoms with Crippen molar-refractivity contribution in [1.29, 1.82) is 0 Å². The summed E-state index contributed by atoms with van der Waals surface area (Å²) in [7, 11) is 3.65. The topological polar surface area (TPSA) is 167 Å². The van der Waals surface area contributed by atoms with Crippen molar-refractivity contribution in [3.63, 3.8) is 0 Å². The standard InChI is InChI=1S/C22H21N3O7/c1-25(2)11-6-10-20(32-22(31)24-10)15-9(11)4-7-3-8-5-12(26)16(21(23)30)19(29)14(8)17(27)13(7)18(15)28/h6-8,14,28-29H,3-5H2,1-2H3,(H2,23,30)(H,24,31). The lowest BCUT2D eigenvalue weighted by Crippen LogP contribution is -2.44. The Hall–Kier alpha value is -3.82. The van der Waals surface area contributed by atoms with E-state index in [-0.39, 0.29) is 28.9 Å². The number of nitrogens with zero attached hydrogens (tertiary/aromatic N) is 1. The maximum atomic E-state index is 13.5. The van der Waals surface area contributed by atoms with Crippen LogP contribution in [0.4, 0.5) is 5.69 Å². The number of primary amides is 1. The molecule has 3 aliphatic carbocycles. The number of carbonyl (C=O) groups is 3. The zero-order valence-corrected chi connectivity index (χ0v) is 17.4. The van der Waals surface area contributed by atoms with E-state index in [9.17, 15) is 29.4 Å². The maximum absolute atomic E-state index is 13.5. The lowest BCUT2D eigenvalue weighted by atomic mass is 9.61. The van der Waals surface area contributed by atoms with E-state index < -0.39 is 52.3 Å². The Morgan fingerprint density at radius 1 is 1.22 bits per heavy atom. The normalized spacial score (nSPS) is 25.0. The van der Waals surface area contributed by atoms with Crippen LogP contribution in [0.15, 0.2) is 32.2 Å². The summed E-state index contributed by atoms with van der Waals surface area (Å²) < 4.78 is 5.28. The minimum absolute atomic E-state index is 0.0810. The fraction of sp³-hybridized carbons (Fsp3) is 0.364. The van der Waals surface area contributed by atoms with Gasteiger partial charge in [0.05, 0.1) is 17.0 Å². The summed E-state index contributed by atoms with van der Waals surface area (Å²) in [5, 5.41) is 21.9. The number of hydrogen-bond donors (Lipinski definition) is 4. The van der Waals surface area contributed by atoms with Gasteiger partial charge < -0.3 is 25.3 Å². The van der Waals surface area contributed by atoms with Crippen molar-refractivity contribution in [3.8, 4) is 0 Å². The van der Waals surface area contributed by atoms with Crippen LogP contribution in [0, 0.1) is 17.8 Å². The number of hydrogen-bond acceptors (Lipinski definition) is 8. The van der Waals surface area contributed by atoms with E-state index in [1.54, 1.807) is 6.07 Å². The van der Waals surface area contributed by atoms with Gasteiger partial charge in [0.25, 0.3) is 5.91 Å². The number of rotatable bonds is 2. The van der Waals surface area contributed by atoms with Crippen molar-refractivity contribution in [2.45, 2.75) is 19.3 Å². The van der Waals surface area contributed by atoms with Gasteiger partial charge in [-0.25, -0.2) is 4.79 Å². The number of oxazole rings is 1. The highest BCUT2D eigenvalue weighted by Crippen LogP contribution is 2.51. The summed E-state index contributed by atoms with van der Waals surface area (Å²) in [5.74, 6) is -5.89. The molecule has 10 nitrogen and oxygen atoms in total. The van der Waals surface area contributed by atoms with E-state index in [4.69, 9.17) is 10.2 Å². The number of fused-ring (bicyclic) bond motifs is 5. The molecule has 166 valence electrons.